The number of rotatable bonds is 4. The average Bonchev–Trinajstić information content (AvgIpc) is 2.79. The van der Waals surface area contributed by atoms with Crippen molar-refractivity contribution in [3.63, 3.8) is 0 Å². The number of hydrogen-bond donors (Lipinski definition) is 0. The third-order valence-corrected chi connectivity index (χ3v) is 3.71. The Balaban J connectivity index is 2.30. The maximum atomic E-state index is 12.2. The van der Waals surface area contributed by atoms with Crippen LogP contribution < -0.4 is 4.90 Å². The average molecular weight is 300 g/mol. The molecule has 0 bridgehead atoms. The number of benzene rings is 1. The van der Waals surface area contributed by atoms with E-state index < -0.39 is 0 Å². The molecule has 3 nitrogen and oxygen atoms in total. The van der Waals surface area contributed by atoms with Crippen LogP contribution >= 0.6 is 23.2 Å². The Morgan fingerprint density at radius 1 is 1.32 bits per heavy atom. The van der Waals surface area contributed by atoms with Gasteiger partial charge in [0.25, 0.3) is 0 Å². The largest absolute Gasteiger partial charge is 0.302 e. The number of hydrogen-bond acceptors (Lipinski definition) is 2. The maximum absolute atomic E-state index is 12.2. The highest BCUT2D eigenvalue weighted by Gasteiger charge is 2.33. The first-order valence-corrected chi connectivity index (χ1v) is 7.21. The fourth-order valence-corrected chi connectivity index (χ4v) is 2.66. The standard InChI is InChI=1S/C14H15Cl2NO2/c15-9-8-14(19)17(12-2-1-3-13(12)18)11-6-4-10(16)5-7-11/h4-7,12H,1-3,8-9H2. The molecule has 19 heavy (non-hydrogen) atoms. The molecule has 102 valence electrons. The van der Waals surface area contributed by atoms with E-state index >= 15 is 0 Å². The molecule has 0 heterocycles. The Labute approximate surface area is 122 Å². The van der Waals surface area contributed by atoms with Gasteiger partial charge in [0.15, 0.2) is 5.78 Å². The number of anilines is 1. The molecule has 0 aliphatic heterocycles. The minimum atomic E-state index is -0.350. The monoisotopic (exact) mass is 299 g/mol. The van der Waals surface area contributed by atoms with Crippen LogP contribution in [0.25, 0.3) is 0 Å². The number of halogens is 2. The number of alkyl halides is 1. The van der Waals surface area contributed by atoms with Gasteiger partial charge in [-0.1, -0.05) is 11.6 Å². The van der Waals surface area contributed by atoms with Crippen LogP contribution in [0.1, 0.15) is 25.7 Å². The van der Waals surface area contributed by atoms with Crippen LogP contribution in [0, 0.1) is 0 Å². The molecule has 1 saturated carbocycles. The van der Waals surface area contributed by atoms with Crippen molar-refractivity contribution in [3.8, 4) is 0 Å². The van der Waals surface area contributed by atoms with E-state index in [1.54, 1.807) is 29.2 Å². The Morgan fingerprint density at radius 2 is 2.00 bits per heavy atom. The summed E-state index contributed by atoms with van der Waals surface area (Å²) in [7, 11) is 0. The van der Waals surface area contributed by atoms with Gasteiger partial charge in [0.2, 0.25) is 5.91 Å². The topological polar surface area (TPSA) is 37.4 Å². The first-order chi connectivity index (χ1) is 9.13. The highest BCUT2D eigenvalue weighted by Crippen LogP contribution is 2.28. The maximum Gasteiger partial charge on any atom is 0.228 e. The van der Waals surface area contributed by atoms with Crippen LogP contribution in [0.3, 0.4) is 0 Å². The second-order valence-corrected chi connectivity index (χ2v) is 5.37. The van der Waals surface area contributed by atoms with Crippen molar-refractivity contribution in [3.05, 3.63) is 29.3 Å². The van der Waals surface area contributed by atoms with Crippen LogP contribution in [-0.2, 0) is 9.59 Å². The van der Waals surface area contributed by atoms with E-state index in [2.05, 4.69) is 0 Å². The summed E-state index contributed by atoms with van der Waals surface area (Å²) >= 11 is 11.5. The summed E-state index contributed by atoms with van der Waals surface area (Å²) in [5, 5.41) is 0.603. The molecule has 1 unspecified atom stereocenters. The second-order valence-electron chi connectivity index (χ2n) is 4.55. The molecule has 1 aliphatic carbocycles. The summed E-state index contributed by atoms with van der Waals surface area (Å²) in [5.74, 6) is 0.263. The smallest absolute Gasteiger partial charge is 0.228 e. The van der Waals surface area contributed by atoms with Gasteiger partial charge in [0.1, 0.15) is 0 Å². The Morgan fingerprint density at radius 3 is 2.53 bits per heavy atom. The highest BCUT2D eigenvalue weighted by atomic mass is 35.5. The molecule has 1 aromatic carbocycles. The van der Waals surface area contributed by atoms with Crippen molar-refractivity contribution in [1.29, 1.82) is 0 Å². The van der Waals surface area contributed by atoms with Crippen molar-refractivity contribution in [1.82, 2.24) is 0 Å². The minimum absolute atomic E-state index is 0.113. The lowest BCUT2D eigenvalue weighted by atomic mass is 10.1. The number of carbonyl (C=O) groups excluding carboxylic acids is 2. The zero-order valence-electron chi connectivity index (χ0n) is 10.4. The molecule has 1 amide bonds. The van der Waals surface area contributed by atoms with Gasteiger partial charge in [-0.2, -0.15) is 0 Å². The fraction of sp³-hybridized carbons (Fsp3) is 0.429. The molecule has 1 aliphatic rings. The molecule has 1 aromatic rings. The molecule has 1 fully saturated rings. The molecule has 1 atom stereocenters. The predicted octanol–water partition coefficient (Wildman–Crippen LogP) is 3.42. The molecule has 2 rings (SSSR count). The van der Waals surface area contributed by atoms with E-state index in [-0.39, 0.29) is 30.0 Å². The number of nitrogens with zero attached hydrogens (tertiary/aromatic N) is 1. The first-order valence-electron chi connectivity index (χ1n) is 6.30. The normalized spacial score (nSPS) is 18.6. The van der Waals surface area contributed by atoms with E-state index in [4.69, 9.17) is 23.2 Å². The van der Waals surface area contributed by atoms with E-state index in [1.807, 2.05) is 0 Å². The van der Waals surface area contributed by atoms with Crippen molar-refractivity contribution in [2.75, 3.05) is 10.8 Å². The van der Waals surface area contributed by atoms with Crippen LogP contribution in [0.15, 0.2) is 24.3 Å². The number of amides is 1. The SMILES string of the molecule is O=C1CCCC1N(C(=O)CCCl)c1ccc(Cl)cc1. The van der Waals surface area contributed by atoms with E-state index in [9.17, 15) is 9.59 Å². The highest BCUT2D eigenvalue weighted by molar-refractivity contribution is 6.30. The van der Waals surface area contributed by atoms with E-state index in [0.29, 0.717) is 17.1 Å². The molecular formula is C14H15Cl2NO2. The molecule has 0 saturated heterocycles. The summed E-state index contributed by atoms with van der Waals surface area (Å²) in [6.07, 6.45) is 2.33. The zero-order valence-corrected chi connectivity index (χ0v) is 12.0. The van der Waals surface area contributed by atoms with Gasteiger partial charge in [0.05, 0.1) is 6.04 Å². The summed E-state index contributed by atoms with van der Waals surface area (Å²) in [4.78, 5) is 25.7. The molecular weight excluding hydrogens is 285 g/mol. The summed E-state index contributed by atoms with van der Waals surface area (Å²) in [6, 6.07) is 6.62. The minimum Gasteiger partial charge on any atom is -0.302 e. The lowest BCUT2D eigenvalue weighted by Gasteiger charge is -2.28. The summed E-state index contributed by atoms with van der Waals surface area (Å²) in [6.45, 7) is 0. The van der Waals surface area contributed by atoms with Crippen LogP contribution in [0.4, 0.5) is 5.69 Å². The molecule has 0 N–H and O–H groups in total. The van der Waals surface area contributed by atoms with Crippen molar-refractivity contribution >= 4 is 40.6 Å². The Hall–Kier alpha value is -1.06. The lowest BCUT2D eigenvalue weighted by Crippen LogP contribution is -2.43. The number of Topliss-reactive ketones (excluding diaryl/α,β-unsaturated/α-hetero) is 1. The third kappa shape index (κ3) is 3.28. The van der Waals surface area contributed by atoms with Gasteiger partial charge in [0, 0.05) is 29.4 Å². The first kappa shape index (κ1) is 14.4. The molecule has 0 aromatic heterocycles. The van der Waals surface area contributed by atoms with Gasteiger partial charge in [-0.3, -0.25) is 9.59 Å². The zero-order chi connectivity index (χ0) is 13.8. The lowest BCUT2D eigenvalue weighted by molar-refractivity contribution is -0.123. The van der Waals surface area contributed by atoms with Crippen LogP contribution in [0.2, 0.25) is 5.02 Å². The Kier molecular flexibility index (Phi) is 4.83. The van der Waals surface area contributed by atoms with Gasteiger partial charge in [-0.25, -0.2) is 0 Å². The van der Waals surface area contributed by atoms with E-state index in [1.165, 1.54) is 0 Å². The van der Waals surface area contributed by atoms with Crippen molar-refractivity contribution < 1.29 is 9.59 Å². The molecule has 0 radical (unpaired) electrons. The summed E-state index contributed by atoms with van der Waals surface area (Å²) < 4.78 is 0. The Bertz CT molecular complexity index is 473. The fourth-order valence-electron chi connectivity index (χ4n) is 2.37. The number of carbonyl (C=O) groups is 2. The quantitative estimate of drug-likeness (QED) is 0.799. The van der Waals surface area contributed by atoms with Crippen LogP contribution in [0.5, 0.6) is 0 Å². The molecule has 0 spiro atoms. The third-order valence-electron chi connectivity index (χ3n) is 3.27. The number of ketones is 1. The van der Waals surface area contributed by atoms with E-state index in [0.717, 1.165) is 12.8 Å². The van der Waals surface area contributed by atoms with Gasteiger partial charge < -0.3 is 4.90 Å². The molecule has 5 heteroatoms. The second kappa shape index (κ2) is 6.40. The summed E-state index contributed by atoms with van der Waals surface area (Å²) in [5.41, 5.74) is 0.708. The van der Waals surface area contributed by atoms with Crippen LogP contribution in [-0.4, -0.2) is 23.6 Å². The van der Waals surface area contributed by atoms with Crippen molar-refractivity contribution in [2.24, 2.45) is 0 Å². The van der Waals surface area contributed by atoms with Gasteiger partial charge in [-0.05, 0) is 37.1 Å². The van der Waals surface area contributed by atoms with Crippen molar-refractivity contribution in [2.45, 2.75) is 31.7 Å². The predicted molar refractivity (Wildman–Crippen MR) is 76.9 cm³/mol. The van der Waals surface area contributed by atoms with Gasteiger partial charge in [-0.15, -0.1) is 11.6 Å². The van der Waals surface area contributed by atoms with Gasteiger partial charge >= 0.3 is 0 Å².